The Morgan fingerprint density at radius 1 is 1.33 bits per heavy atom. The van der Waals surface area contributed by atoms with Crippen LogP contribution in [0.1, 0.15) is 13.3 Å². The maximum absolute atomic E-state index is 9.63. The predicted octanol–water partition coefficient (Wildman–Crippen LogP) is -1.85. The normalized spacial score (nSPS) is 41.8. The van der Waals surface area contributed by atoms with Crippen LogP contribution in [0.4, 0.5) is 0 Å². The summed E-state index contributed by atoms with van der Waals surface area (Å²) in [6.45, 7) is 2.58. The molecule has 1 fully saturated rings. The van der Waals surface area contributed by atoms with Crippen LogP contribution in [0.2, 0.25) is 0 Å². The monoisotopic (exact) mass is 220 g/mol. The molecule has 0 saturated carbocycles. The molecule has 0 aromatic rings. The van der Waals surface area contributed by atoms with E-state index in [1.807, 2.05) is 6.92 Å². The number of aliphatic hydroxyl groups excluding tert-OH is 2. The standard InChI is InChI=1S/C9H20N2O4/c1-2-3-14-9-6(11)8(13)7(12)5(4-10)15-9/h5-9,12-13H,2-4,10-11H2,1H3/t5-,6+,7-,8-,9+/m1/s1. The molecule has 90 valence electrons. The van der Waals surface area contributed by atoms with Gasteiger partial charge in [-0.2, -0.15) is 0 Å². The molecule has 5 atom stereocenters. The van der Waals surface area contributed by atoms with Gasteiger partial charge < -0.3 is 31.2 Å². The second-order valence-corrected chi connectivity index (χ2v) is 3.71. The van der Waals surface area contributed by atoms with Crippen LogP contribution < -0.4 is 11.5 Å². The van der Waals surface area contributed by atoms with Crippen LogP contribution in [0.3, 0.4) is 0 Å². The van der Waals surface area contributed by atoms with Crippen LogP contribution in [0.5, 0.6) is 0 Å². The molecule has 1 aliphatic heterocycles. The molecule has 6 nitrogen and oxygen atoms in total. The van der Waals surface area contributed by atoms with Gasteiger partial charge in [0.05, 0.1) is 6.04 Å². The summed E-state index contributed by atoms with van der Waals surface area (Å²) < 4.78 is 10.7. The first-order valence-corrected chi connectivity index (χ1v) is 5.20. The van der Waals surface area contributed by atoms with Crippen molar-refractivity contribution in [3.63, 3.8) is 0 Å². The zero-order valence-electron chi connectivity index (χ0n) is 8.87. The van der Waals surface area contributed by atoms with Crippen molar-refractivity contribution >= 4 is 0 Å². The van der Waals surface area contributed by atoms with Crippen molar-refractivity contribution in [2.45, 2.75) is 44.0 Å². The van der Waals surface area contributed by atoms with Crippen molar-refractivity contribution in [1.29, 1.82) is 0 Å². The fraction of sp³-hybridized carbons (Fsp3) is 1.00. The highest BCUT2D eigenvalue weighted by molar-refractivity contribution is 4.91. The Hall–Kier alpha value is -0.240. The Kier molecular flexibility index (Phi) is 4.91. The van der Waals surface area contributed by atoms with Crippen molar-refractivity contribution in [2.75, 3.05) is 13.2 Å². The molecule has 1 aliphatic rings. The average Bonchev–Trinajstić information content (AvgIpc) is 2.25. The Balaban J connectivity index is 2.57. The number of rotatable bonds is 4. The summed E-state index contributed by atoms with van der Waals surface area (Å²) in [6, 6.07) is -0.741. The number of nitrogens with two attached hydrogens (primary N) is 2. The van der Waals surface area contributed by atoms with E-state index in [9.17, 15) is 10.2 Å². The Morgan fingerprint density at radius 3 is 2.53 bits per heavy atom. The van der Waals surface area contributed by atoms with E-state index in [0.717, 1.165) is 6.42 Å². The maximum Gasteiger partial charge on any atom is 0.175 e. The molecule has 1 rings (SSSR count). The van der Waals surface area contributed by atoms with Crippen LogP contribution >= 0.6 is 0 Å². The summed E-state index contributed by atoms with van der Waals surface area (Å²) in [4.78, 5) is 0. The zero-order valence-corrected chi connectivity index (χ0v) is 8.87. The van der Waals surface area contributed by atoms with Crippen molar-refractivity contribution in [2.24, 2.45) is 11.5 Å². The highest BCUT2D eigenvalue weighted by Crippen LogP contribution is 2.20. The van der Waals surface area contributed by atoms with Gasteiger partial charge in [0.25, 0.3) is 0 Å². The van der Waals surface area contributed by atoms with Gasteiger partial charge in [-0.3, -0.25) is 0 Å². The fourth-order valence-electron chi connectivity index (χ4n) is 1.53. The highest BCUT2D eigenvalue weighted by atomic mass is 16.7. The largest absolute Gasteiger partial charge is 0.388 e. The van der Waals surface area contributed by atoms with Crippen molar-refractivity contribution in [1.82, 2.24) is 0 Å². The molecule has 0 aromatic carbocycles. The third-order valence-corrected chi connectivity index (χ3v) is 2.47. The van der Waals surface area contributed by atoms with Gasteiger partial charge in [0.2, 0.25) is 0 Å². The number of aliphatic hydroxyl groups is 2. The van der Waals surface area contributed by atoms with Gasteiger partial charge in [-0.25, -0.2) is 0 Å². The van der Waals surface area contributed by atoms with Gasteiger partial charge >= 0.3 is 0 Å². The summed E-state index contributed by atoms with van der Waals surface area (Å²) in [7, 11) is 0. The highest BCUT2D eigenvalue weighted by Gasteiger charge is 2.42. The minimum Gasteiger partial charge on any atom is -0.388 e. The lowest BCUT2D eigenvalue weighted by molar-refractivity contribution is -0.256. The molecule has 6 heteroatoms. The lowest BCUT2D eigenvalue weighted by Crippen LogP contribution is -2.63. The summed E-state index contributed by atoms with van der Waals surface area (Å²) in [6.07, 6.45) is -2.60. The topological polar surface area (TPSA) is 111 Å². The maximum atomic E-state index is 9.63. The van der Waals surface area contributed by atoms with Gasteiger partial charge in [0.15, 0.2) is 6.29 Å². The third kappa shape index (κ3) is 2.87. The van der Waals surface area contributed by atoms with Crippen LogP contribution in [0.25, 0.3) is 0 Å². The van der Waals surface area contributed by atoms with Gasteiger partial charge in [0, 0.05) is 13.2 Å². The predicted molar refractivity (Wildman–Crippen MR) is 53.9 cm³/mol. The Morgan fingerprint density at radius 2 is 2.00 bits per heavy atom. The molecule has 6 N–H and O–H groups in total. The van der Waals surface area contributed by atoms with Crippen molar-refractivity contribution in [3.05, 3.63) is 0 Å². The van der Waals surface area contributed by atoms with Gasteiger partial charge in [-0.15, -0.1) is 0 Å². The first-order valence-electron chi connectivity index (χ1n) is 5.20. The molecule has 0 amide bonds. The van der Waals surface area contributed by atoms with Gasteiger partial charge in [0.1, 0.15) is 18.3 Å². The molecule has 15 heavy (non-hydrogen) atoms. The van der Waals surface area contributed by atoms with Gasteiger partial charge in [-0.1, -0.05) is 6.92 Å². The van der Waals surface area contributed by atoms with Gasteiger partial charge in [-0.05, 0) is 6.42 Å². The molecule has 0 bridgehead atoms. The van der Waals surface area contributed by atoms with E-state index in [0.29, 0.717) is 6.61 Å². The van der Waals surface area contributed by atoms with Crippen LogP contribution in [0.15, 0.2) is 0 Å². The van der Waals surface area contributed by atoms with E-state index in [4.69, 9.17) is 20.9 Å². The lowest BCUT2D eigenvalue weighted by Gasteiger charge is -2.40. The minimum atomic E-state index is -1.06. The number of hydrogen-bond donors (Lipinski definition) is 4. The summed E-state index contributed by atoms with van der Waals surface area (Å²) >= 11 is 0. The molecule has 1 saturated heterocycles. The van der Waals surface area contributed by atoms with E-state index in [1.54, 1.807) is 0 Å². The number of ether oxygens (including phenoxy) is 2. The van der Waals surface area contributed by atoms with E-state index in [1.165, 1.54) is 0 Å². The van der Waals surface area contributed by atoms with E-state index < -0.39 is 30.6 Å². The first-order chi connectivity index (χ1) is 7.11. The van der Waals surface area contributed by atoms with E-state index in [-0.39, 0.29) is 6.54 Å². The summed E-state index contributed by atoms with van der Waals surface area (Å²) in [5.41, 5.74) is 11.1. The molecule has 1 heterocycles. The Labute approximate surface area is 89.1 Å². The third-order valence-electron chi connectivity index (χ3n) is 2.47. The lowest BCUT2D eigenvalue weighted by atomic mass is 9.97. The summed E-state index contributed by atoms with van der Waals surface area (Å²) in [5.74, 6) is 0. The molecule has 0 aliphatic carbocycles. The smallest absolute Gasteiger partial charge is 0.175 e. The van der Waals surface area contributed by atoms with Crippen molar-refractivity contribution in [3.8, 4) is 0 Å². The van der Waals surface area contributed by atoms with Crippen molar-refractivity contribution < 1.29 is 19.7 Å². The minimum absolute atomic E-state index is 0.122. The quantitative estimate of drug-likeness (QED) is 0.442. The van der Waals surface area contributed by atoms with E-state index >= 15 is 0 Å². The molecular weight excluding hydrogens is 200 g/mol. The molecule has 0 radical (unpaired) electrons. The average molecular weight is 220 g/mol. The van der Waals surface area contributed by atoms with Crippen LogP contribution in [-0.4, -0.2) is 54.0 Å². The molecule has 0 spiro atoms. The molecule has 0 unspecified atom stereocenters. The first kappa shape index (κ1) is 12.8. The zero-order chi connectivity index (χ0) is 11.4. The second-order valence-electron chi connectivity index (χ2n) is 3.71. The molecule has 0 aromatic heterocycles. The van der Waals surface area contributed by atoms with E-state index in [2.05, 4.69) is 0 Å². The number of hydrogen-bond acceptors (Lipinski definition) is 6. The molecular formula is C9H20N2O4. The van der Waals surface area contributed by atoms with Crippen LogP contribution in [0, 0.1) is 0 Å². The van der Waals surface area contributed by atoms with Crippen LogP contribution in [-0.2, 0) is 9.47 Å². The summed E-state index contributed by atoms with van der Waals surface area (Å²) in [5, 5.41) is 19.2. The second kappa shape index (κ2) is 5.74. The SMILES string of the molecule is CCCO[C@H]1O[C@H](CN)[C@@H](O)[C@H](O)[C@@H]1N. The Bertz CT molecular complexity index is 191. The fourth-order valence-corrected chi connectivity index (χ4v) is 1.53.